The van der Waals surface area contributed by atoms with Crippen molar-refractivity contribution in [1.29, 1.82) is 0 Å². The minimum atomic E-state index is 0. The topological polar surface area (TPSA) is 55.6 Å². The van der Waals surface area contributed by atoms with E-state index in [0.717, 1.165) is 25.0 Å². The molecule has 0 heterocycles. The van der Waals surface area contributed by atoms with Crippen molar-refractivity contribution in [1.82, 2.24) is 4.90 Å². The highest BCUT2D eigenvalue weighted by Gasteiger charge is 2.33. The summed E-state index contributed by atoms with van der Waals surface area (Å²) >= 11 is 5.82. The second-order valence-electron chi connectivity index (χ2n) is 5.60. The molecule has 1 aliphatic rings. The molecule has 22 heavy (non-hydrogen) atoms. The summed E-state index contributed by atoms with van der Waals surface area (Å²) in [5.41, 5.74) is 5.74. The molecule has 1 aliphatic carbocycles. The zero-order valence-corrected chi connectivity index (χ0v) is 14.4. The van der Waals surface area contributed by atoms with Gasteiger partial charge in [-0.3, -0.25) is 4.79 Å². The Morgan fingerprint density at radius 3 is 2.68 bits per heavy atom. The second kappa shape index (κ2) is 9.23. The average Bonchev–Trinajstić information content (AvgIpc) is 2.96. The van der Waals surface area contributed by atoms with E-state index in [2.05, 4.69) is 0 Å². The quantitative estimate of drug-likeness (QED) is 0.861. The molecule has 1 saturated carbocycles. The predicted octanol–water partition coefficient (Wildman–Crippen LogP) is 2.97. The van der Waals surface area contributed by atoms with Gasteiger partial charge in [0.2, 0.25) is 5.91 Å². The maximum Gasteiger partial charge on any atom is 0.225 e. The van der Waals surface area contributed by atoms with Crippen molar-refractivity contribution in [3.05, 3.63) is 29.3 Å². The summed E-state index contributed by atoms with van der Waals surface area (Å²) in [5, 5.41) is 0.684. The first-order chi connectivity index (χ1) is 10.1. The van der Waals surface area contributed by atoms with Crippen LogP contribution in [0, 0.1) is 11.8 Å². The SMILES string of the molecule is CN(CCOc1ccc(Cl)cc1)C(=O)[C@@H]1CCC[C@@H]1CN.Cl. The third-order valence-corrected chi connectivity index (χ3v) is 4.42. The Hall–Kier alpha value is -0.970. The highest BCUT2D eigenvalue weighted by molar-refractivity contribution is 6.30. The Morgan fingerprint density at radius 1 is 1.36 bits per heavy atom. The number of rotatable bonds is 6. The van der Waals surface area contributed by atoms with Gasteiger partial charge in [-0.25, -0.2) is 0 Å². The Bertz CT molecular complexity index is 468. The van der Waals surface area contributed by atoms with Crippen molar-refractivity contribution in [3.63, 3.8) is 0 Å². The molecule has 0 aromatic heterocycles. The van der Waals surface area contributed by atoms with Crippen LogP contribution in [-0.2, 0) is 4.79 Å². The number of likely N-dealkylation sites (N-methyl/N-ethyl adjacent to an activating group) is 1. The number of halogens is 2. The molecule has 4 nitrogen and oxygen atoms in total. The van der Waals surface area contributed by atoms with Gasteiger partial charge in [-0.1, -0.05) is 18.0 Å². The number of nitrogens with two attached hydrogens (primary N) is 1. The Kier molecular flexibility index (Phi) is 8.01. The lowest BCUT2D eigenvalue weighted by molar-refractivity contribution is -0.135. The highest BCUT2D eigenvalue weighted by Crippen LogP contribution is 2.32. The minimum Gasteiger partial charge on any atom is -0.492 e. The molecule has 2 N–H and O–H groups in total. The third-order valence-electron chi connectivity index (χ3n) is 4.16. The Labute approximate surface area is 143 Å². The number of amides is 1. The molecule has 1 aromatic carbocycles. The summed E-state index contributed by atoms with van der Waals surface area (Å²) in [6.07, 6.45) is 3.14. The highest BCUT2D eigenvalue weighted by atomic mass is 35.5. The van der Waals surface area contributed by atoms with Gasteiger partial charge in [0, 0.05) is 18.0 Å². The van der Waals surface area contributed by atoms with E-state index in [4.69, 9.17) is 22.1 Å². The molecule has 124 valence electrons. The predicted molar refractivity (Wildman–Crippen MR) is 91.7 cm³/mol. The van der Waals surface area contributed by atoms with Crippen LogP contribution in [0.4, 0.5) is 0 Å². The monoisotopic (exact) mass is 346 g/mol. The first kappa shape index (κ1) is 19.1. The van der Waals surface area contributed by atoms with Gasteiger partial charge < -0.3 is 15.4 Å². The van der Waals surface area contributed by atoms with Gasteiger partial charge in [0.25, 0.3) is 0 Å². The summed E-state index contributed by atoms with van der Waals surface area (Å²) in [7, 11) is 1.83. The maximum atomic E-state index is 12.4. The van der Waals surface area contributed by atoms with Crippen LogP contribution in [0.25, 0.3) is 0 Å². The van der Waals surface area contributed by atoms with E-state index in [1.807, 2.05) is 19.2 Å². The van der Waals surface area contributed by atoms with Crippen molar-refractivity contribution in [2.45, 2.75) is 19.3 Å². The minimum absolute atomic E-state index is 0. The molecular weight excluding hydrogens is 323 g/mol. The molecule has 0 bridgehead atoms. The van der Waals surface area contributed by atoms with Crippen molar-refractivity contribution < 1.29 is 9.53 Å². The number of nitrogens with zero attached hydrogens (tertiary/aromatic N) is 1. The number of benzene rings is 1. The zero-order valence-electron chi connectivity index (χ0n) is 12.8. The van der Waals surface area contributed by atoms with Crippen molar-refractivity contribution in [3.8, 4) is 5.75 Å². The van der Waals surface area contributed by atoms with Gasteiger partial charge in [0.05, 0.1) is 6.54 Å². The lowest BCUT2D eigenvalue weighted by Crippen LogP contribution is -2.38. The lowest BCUT2D eigenvalue weighted by Gasteiger charge is -2.24. The van der Waals surface area contributed by atoms with Gasteiger partial charge in [-0.15, -0.1) is 12.4 Å². The van der Waals surface area contributed by atoms with E-state index in [1.54, 1.807) is 17.0 Å². The van der Waals surface area contributed by atoms with Crippen LogP contribution in [0.2, 0.25) is 5.02 Å². The lowest BCUT2D eigenvalue weighted by atomic mass is 9.95. The van der Waals surface area contributed by atoms with Crippen LogP contribution in [0.5, 0.6) is 5.75 Å². The van der Waals surface area contributed by atoms with Gasteiger partial charge >= 0.3 is 0 Å². The smallest absolute Gasteiger partial charge is 0.225 e. The summed E-state index contributed by atoms with van der Waals surface area (Å²) in [6, 6.07) is 7.23. The van der Waals surface area contributed by atoms with Gasteiger partial charge in [0.15, 0.2) is 0 Å². The summed E-state index contributed by atoms with van der Waals surface area (Å²) in [5.74, 6) is 1.40. The van der Waals surface area contributed by atoms with Gasteiger partial charge in [-0.05, 0) is 49.6 Å². The molecule has 0 aliphatic heterocycles. The number of carbonyl (C=O) groups is 1. The standard InChI is InChI=1S/C16H23ClN2O2.ClH/c1-19(16(20)15-4-2-3-12(15)11-18)9-10-21-14-7-5-13(17)6-8-14;/h5-8,12,15H,2-4,9-11,18H2,1H3;1H/t12-,15-;/m1./s1. The molecule has 0 saturated heterocycles. The average molecular weight is 347 g/mol. The summed E-state index contributed by atoms with van der Waals surface area (Å²) in [6.45, 7) is 1.66. The number of ether oxygens (including phenoxy) is 1. The summed E-state index contributed by atoms with van der Waals surface area (Å²) < 4.78 is 5.62. The fourth-order valence-corrected chi connectivity index (χ4v) is 2.99. The van der Waals surface area contributed by atoms with E-state index in [9.17, 15) is 4.79 Å². The third kappa shape index (κ3) is 5.04. The fraction of sp³-hybridized carbons (Fsp3) is 0.562. The largest absolute Gasteiger partial charge is 0.492 e. The van der Waals surface area contributed by atoms with Crippen LogP contribution in [0.3, 0.4) is 0 Å². The molecule has 0 radical (unpaired) electrons. The number of carbonyl (C=O) groups excluding carboxylic acids is 1. The van der Waals surface area contributed by atoms with Crippen molar-refractivity contribution in [2.24, 2.45) is 17.6 Å². The summed E-state index contributed by atoms with van der Waals surface area (Å²) in [4.78, 5) is 14.2. The van der Waals surface area contributed by atoms with Gasteiger partial charge in [0.1, 0.15) is 12.4 Å². The van der Waals surface area contributed by atoms with E-state index >= 15 is 0 Å². The number of hydrogen-bond acceptors (Lipinski definition) is 3. The van der Waals surface area contributed by atoms with E-state index in [-0.39, 0.29) is 24.2 Å². The molecule has 2 rings (SSSR count). The first-order valence-electron chi connectivity index (χ1n) is 7.45. The normalized spacial score (nSPS) is 20.3. The maximum absolute atomic E-state index is 12.4. The molecular formula is C16H24Cl2N2O2. The second-order valence-corrected chi connectivity index (χ2v) is 6.03. The van der Waals surface area contributed by atoms with Crippen molar-refractivity contribution in [2.75, 3.05) is 26.7 Å². The molecule has 1 fully saturated rings. The molecule has 1 amide bonds. The van der Waals surface area contributed by atoms with Crippen LogP contribution >= 0.6 is 24.0 Å². The van der Waals surface area contributed by atoms with Gasteiger partial charge in [-0.2, -0.15) is 0 Å². The Balaban J connectivity index is 0.00000242. The van der Waals surface area contributed by atoms with E-state index < -0.39 is 0 Å². The van der Waals surface area contributed by atoms with E-state index in [0.29, 0.717) is 30.6 Å². The fourth-order valence-electron chi connectivity index (χ4n) is 2.87. The zero-order chi connectivity index (χ0) is 15.2. The van der Waals surface area contributed by atoms with Crippen LogP contribution in [-0.4, -0.2) is 37.6 Å². The van der Waals surface area contributed by atoms with Crippen LogP contribution in [0.1, 0.15) is 19.3 Å². The van der Waals surface area contributed by atoms with E-state index in [1.165, 1.54) is 0 Å². The molecule has 0 unspecified atom stereocenters. The first-order valence-corrected chi connectivity index (χ1v) is 7.83. The molecule has 6 heteroatoms. The molecule has 0 spiro atoms. The molecule has 2 atom stereocenters. The van der Waals surface area contributed by atoms with Crippen LogP contribution < -0.4 is 10.5 Å². The molecule has 1 aromatic rings. The van der Waals surface area contributed by atoms with Crippen molar-refractivity contribution >= 4 is 29.9 Å². The number of hydrogen-bond donors (Lipinski definition) is 1. The Morgan fingerprint density at radius 2 is 2.05 bits per heavy atom. The van der Waals surface area contributed by atoms with Crippen LogP contribution in [0.15, 0.2) is 24.3 Å².